The zero-order valence-corrected chi connectivity index (χ0v) is 15.0. The summed E-state index contributed by atoms with van der Waals surface area (Å²) in [5, 5.41) is 3.48. The van der Waals surface area contributed by atoms with Gasteiger partial charge in [-0.3, -0.25) is 0 Å². The van der Waals surface area contributed by atoms with Gasteiger partial charge in [0.1, 0.15) is 0 Å². The Morgan fingerprint density at radius 2 is 2.00 bits per heavy atom. The van der Waals surface area contributed by atoms with Gasteiger partial charge < -0.3 is 14.8 Å². The van der Waals surface area contributed by atoms with Crippen LogP contribution in [-0.4, -0.2) is 18.8 Å². The van der Waals surface area contributed by atoms with Crippen molar-refractivity contribution in [1.29, 1.82) is 0 Å². The molecule has 21 heavy (non-hydrogen) atoms. The first-order valence-corrected chi connectivity index (χ1v) is 8.10. The Balaban J connectivity index is 2.91. The number of hydrogen-bond acceptors (Lipinski definition) is 3. The van der Waals surface area contributed by atoms with E-state index in [1.807, 2.05) is 19.1 Å². The van der Waals surface area contributed by atoms with Gasteiger partial charge in [0.25, 0.3) is 0 Å². The summed E-state index contributed by atoms with van der Waals surface area (Å²) in [4.78, 5) is 0. The second-order valence-electron chi connectivity index (χ2n) is 5.87. The molecule has 0 atom stereocenters. The van der Waals surface area contributed by atoms with Gasteiger partial charge in [-0.05, 0) is 67.7 Å². The predicted octanol–water partition coefficient (Wildman–Crippen LogP) is 4.69. The molecule has 0 fully saturated rings. The van der Waals surface area contributed by atoms with Crippen molar-refractivity contribution in [2.75, 3.05) is 13.2 Å². The predicted molar refractivity (Wildman–Crippen MR) is 92.2 cm³/mol. The molecule has 4 heteroatoms. The number of ether oxygens (including phenoxy) is 2. The molecule has 1 rings (SSSR count). The van der Waals surface area contributed by atoms with Gasteiger partial charge in [0.2, 0.25) is 0 Å². The van der Waals surface area contributed by atoms with E-state index in [4.69, 9.17) is 9.47 Å². The normalized spacial score (nSPS) is 11.3. The molecule has 0 radical (unpaired) electrons. The minimum atomic E-state index is 0.0807. The summed E-state index contributed by atoms with van der Waals surface area (Å²) < 4.78 is 12.4. The fourth-order valence-corrected chi connectivity index (χ4v) is 2.34. The third-order valence-electron chi connectivity index (χ3n) is 2.76. The van der Waals surface area contributed by atoms with Crippen LogP contribution in [0.1, 0.15) is 39.7 Å². The molecule has 0 heterocycles. The molecule has 0 spiro atoms. The van der Waals surface area contributed by atoms with Crippen molar-refractivity contribution >= 4 is 15.9 Å². The van der Waals surface area contributed by atoms with Crippen LogP contribution in [0.4, 0.5) is 0 Å². The summed E-state index contributed by atoms with van der Waals surface area (Å²) >= 11 is 3.58. The van der Waals surface area contributed by atoms with Crippen LogP contribution in [0.25, 0.3) is 0 Å². The van der Waals surface area contributed by atoms with Crippen LogP contribution in [0.15, 0.2) is 29.3 Å². The van der Waals surface area contributed by atoms with Crippen molar-refractivity contribution in [3.8, 4) is 11.5 Å². The highest BCUT2D eigenvalue weighted by molar-refractivity contribution is 9.10. The first-order valence-electron chi connectivity index (χ1n) is 7.31. The molecule has 0 aliphatic rings. The molecule has 0 aliphatic heterocycles. The van der Waals surface area contributed by atoms with Crippen molar-refractivity contribution in [3.05, 3.63) is 34.8 Å². The highest BCUT2D eigenvalue weighted by atomic mass is 79.9. The van der Waals surface area contributed by atoms with Gasteiger partial charge in [-0.25, -0.2) is 0 Å². The van der Waals surface area contributed by atoms with E-state index in [1.54, 1.807) is 0 Å². The third-order valence-corrected chi connectivity index (χ3v) is 3.35. The lowest BCUT2D eigenvalue weighted by Crippen LogP contribution is -2.35. The highest BCUT2D eigenvalue weighted by Gasteiger charge is 2.14. The zero-order chi connectivity index (χ0) is 15.9. The van der Waals surface area contributed by atoms with E-state index in [2.05, 4.69) is 54.7 Å². The maximum Gasteiger partial charge on any atom is 0.175 e. The van der Waals surface area contributed by atoms with Gasteiger partial charge in [0, 0.05) is 12.1 Å². The van der Waals surface area contributed by atoms with Crippen LogP contribution in [0, 0.1) is 0 Å². The quantitative estimate of drug-likeness (QED) is 0.541. The van der Waals surface area contributed by atoms with Gasteiger partial charge >= 0.3 is 0 Å². The minimum Gasteiger partial charge on any atom is -0.490 e. The van der Waals surface area contributed by atoms with Gasteiger partial charge in [0.05, 0.1) is 17.7 Å². The Morgan fingerprint density at radius 3 is 2.57 bits per heavy atom. The number of nitrogens with one attached hydrogen (secondary N) is 1. The number of halogens is 1. The summed E-state index contributed by atoms with van der Waals surface area (Å²) in [6, 6.07) is 4.11. The van der Waals surface area contributed by atoms with Gasteiger partial charge in [-0.15, -0.1) is 6.58 Å². The zero-order valence-electron chi connectivity index (χ0n) is 13.5. The summed E-state index contributed by atoms with van der Waals surface area (Å²) in [7, 11) is 0. The Bertz CT molecular complexity index is 467. The average molecular weight is 356 g/mol. The maximum atomic E-state index is 5.80. The molecule has 0 unspecified atom stereocenters. The monoisotopic (exact) mass is 355 g/mol. The maximum absolute atomic E-state index is 5.80. The molecule has 118 valence electrons. The van der Waals surface area contributed by atoms with E-state index in [0.29, 0.717) is 13.2 Å². The summed E-state index contributed by atoms with van der Waals surface area (Å²) in [6.45, 7) is 14.1. The van der Waals surface area contributed by atoms with E-state index in [-0.39, 0.29) is 5.54 Å². The van der Waals surface area contributed by atoms with Crippen molar-refractivity contribution < 1.29 is 9.47 Å². The van der Waals surface area contributed by atoms with Crippen molar-refractivity contribution in [1.82, 2.24) is 5.32 Å². The minimum absolute atomic E-state index is 0.0807. The molecule has 3 nitrogen and oxygen atoms in total. The van der Waals surface area contributed by atoms with Crippen LogP contribution in [0.3, 0.4) is 0 Å². The van der Waals surface area contributed by atoms with E-state index in [9.17, 15) is 0 Å². The Labute approximate surface area is 136 Å². The molecule has 0 bridgehead atoms. The molecular formula is C17H26BrNO2. The number of benzene rings is 1. The van der Waals surface area contributed by atoms with Gasteiger partial charge in [-0.2, -0.15) is 0 Å². The van der Waals surface area contributed by atoms with Crippen LogP contribution in [0.5, 0.6) is 11.5 Å². The largest absolute Gasteiger partial charge is 0.490 e. The molecular weight excluding hydrogens is 330 g/mol. The lowest BCUT2D eigenvalue weighted by molar-refractivity contribution is 0.278. The van der Waals surface area contributed by atoms with Crippen LogP contribution in [0.2, 0.25) is 0 Å². The van der Waals surface area contributed by atoms with Crippen molar-refractivity contribution in [2.24, 2.45) is 0 Å². The van der Waals surface area contributed by atoms with Gasteiger partial charge in [0.15, 0.2) is 11.5 Å². The molecule has 0 saturated heterocycles. The standard InChI is InChI=1S/C17H26BrNO2/c1-6-8-9-21-16-14(18)10-13(11-15(16)20-7-2)12-19-17(3,4)5/h6,10-11,19H,1,7-9,12H2,2-5H3. The summed E-state index contributed by atoms with van der Waals surface area (Å²) in [6.07, 6.45) is 2.65. The SMILES string of the molecule is C=CCCOc1c(Br)cc(CNC(C)(C)C)cc1OCC. The number of hydrogen-bond donors (Lipinski definition) is 1. The Kier molecular flexibility index (Phi) is 7.26. The number of rotatable bonds is 8. The Morgan fingerprint density at radius 1 is 1.29 bits per heavy atom. The van der Waals surface area contributed by atoms with E-state index < -0.39 is 0 Å². The first-order chi connectivity index (χ1) is 9.87. The third kappa shape index (κ3) is 6.53. The lowest BCUT2D eigenvalue weighted by atomic mass is 10.1. The van der Waals surface area contributed by atoms with Crippen LogP contribution >= 0.6 is 15.9 Å². The molecule has 0 aliphatic carbocycles. The molecule has 1 aromatic carbocycles. The van der Waals surface area contributed by atoms with E-state index >= 15 is 0 Å². The van der Waals surface area contributed by atoms with Gasteiger partial charge in [-0.1, -0.05) is 6.08 Å². The summed E-state index contributed by atoms with van der Waals surface area (Å²) in [5.74, 6) is 1.54. The van der Waals surface area contributed by atoms with Crippen molar-refractivity contribution in [3.63, 3.8) is 0 Å². The second-order valence-corrected chi connectivity index (χ2v) is 6.72. The van der Waals surface area contributed by atoms with E-state index in [0.717, 1.165) is 34.5 Å². The topological polar surface area (TPSA) is 30.5 Å². The molecule has 0 saturated carbocycles. The summed E-state index contributed by atoms with van der Waals surface area (Å²) in [5.41, 5.74) is 1.24. The Hall–Kier alpha value is -1.00. The molecule has 0 aromatic heterocycles. The molecule has 1 aromatic rings. The highest BCUT2D eigenvalue weighted by Crippen LogP contribution is 2.37. The van der Waals surface area contributed by atoms with Crippen molar-refractivity contribution in [2.45, 2.75) is 46.2 Å². The van der Waals surface area contributed by atoms with Crippen LogP contribution in [-0.2, 0) is 6.54 Å². The molecule has 0 amide bonds. The fraction of sp³-hybridized carbons (Fsp3) is 0.529. The van der Waals surface area contributed by atoms with E-state index in [1.165, 1.54) is 0 Å². The lowest BCUT2D eigenvalue weighted by Gasteiger charge is -2.21. The average Bonchev–Trinajstić information content (AvgIpc) is 2.39. The fourth-order valence-electron chi connectivity index (χ4n) is 1.74. The smallest absolute Gasteiger partial charge is 0.175 e. The second kappa shape index (κ2) is 8.44. The first kappa shape index (κ1) is 18.1. The molecule has 1 N–H and O–H groups in total. The van der Waals surface area contributed by atoms with Crippen LogP contribution < -0.4 is 14.8 Å².